The lowest BCUT2D eigenvalue weighted by molar-refractivity contribution is -0.162. The van der Waals surface area contributed by atoms with Crippen LogP contribution >= 0.6 is 0 Å². The van der Waals surface area contributed by atoms with Crippen LogP contribution < -0.4 is 10.6 Å². The highest BCUT2D eigenvalue weighted by Crippen LogP contribution is 2.44. The molecule has 0 radical (unpaired) electrons. The number of esters is 1. The first kappa shape index (κ1) is 22.7. The van der Waals surface area contributed by atoms with Gasteiger partial charge < -0.3 is 15.4 Å². The van der Waals surface area contributed by atoms with E-state index in [4.69, 9.17) is 4.74 Å². The smallest absolute Gasteiger partial charge is 0.332 e. The van der Waals surface area contributed by atoms with Gasteiger partial charge in [-0.3, -0.25) is 4.90 Å². The minimum absolute atomic E-state index is 0.234. The maximum Gasteiger partial charge on any atom is 0.332 e. The van der Waals surface area contributed by atoms with Gasteiger partial charge in [0.2, 0.25) is 0 Å². The molecule has 0 aromatic carbocycles. The molecule has 6 nitrogen and oxygen atoms in total. The summed E-state index contributed by atoms with van der Waals surface area (Å²) in [7, 11) is 1.57. The number of amides is 2. The number of urea groups is 1. The van der Waals surface area contributed by atoms with Gasteiger partial charge in [0, 0.05) is 18.1 Å². The van der Waals surface area contributed by atoms with E-state index in [1.807, 2.05) is 0 Å². The highest BCUT2D eigenvalue weighted by molar-refractivity contribution is 5.88. The first-order chi connectivity index (χ1) is 12.0. The number of hydrogen-bond donors (Lipinski definition) is 2. The quantitative estimate of drug-likeness (QED) is 0.508. The van der Waals surface area contributed by atoms with Gasteiger partial charge in [0.25, 0.3) is 0 Å². The number of rotatable bonds is 8. The van der Waals surface area contributed by atoms with Crippen LogP contribution in [0.1, 0.15) is 80.1 Å². The molecular formula is C20H39N3O3. The number of nitrogens with zero attached hydrogens (tertiary/aromatic N) is 1. The molecule has 1 heterocycles. The molecule has 0 unspecified atom stereocenters. The van der Waals surface area contributed by atoms with Crippen molar-refractivity contribution >= 4 is 12.0 Å². The minimum atomic E-state index is -1.01. The first-order valence-corrected chi connectivity index (χ1v) is 9.99. The molecule has 0 spiro atoms. The average Bonchev–Trinajstić information content (AvgIpc) is 2.52. The van der Waals surface area contributed by atoms with E-state index in [1.165, 1.54) is 0 Å². The summed E-state index contributed by atoms with van der Waals surface area (Å²) in [5.74, 6) is -0.314. The van der Waals surface area contributed by atoms with E-state index in [9.17, 15) is 9.59 Å². The number of likely N-dealkylation sites (tertiary alicyclic amines) is 1. The van der Waals surface area contributed by atoms with Crippen molar-refractivity contribution in [2.75, 3.05) is 20.2 Å². The Morgan fingerprint density at radius 1 is 1.00 bits per heavy atom. The molecule has 1 aliphatic heterocycles. The standard InChI is InChI=1S/C20H39N3O3/c1-8-10-12-23-18(3,4)14-20(15-19(23,5)6,22-17(25)21-7)16(24)26-13-11-9-2/h8-15H2,1-7H3,(H2,21,22,25). The van der Waals surface area contributed by atoms with Gasteiger partial charge >= 0.3 is 12.0 Å². The highest BCUT2D eigenvalue weighted by atomic mass is 16.5. The third kappa shape index (κ3) is 5.35. The molecule has 1 rings (SSSR count). The van der Waals surface area contributed by atoms with Crippen molar-refractivity contribution in [2.24, 2.45) is 0 Å². The number of unbranched alkanes of at least 4 members (excludes halogenated alkanes) is 2. The number of hydrogen-bond acceptors (Lipinski definition) is 4. The molecule has 26 heavy (non-hydrogen) atoms. The zero-order chi connectivity index (χ0) is 20.0. The summed E-state index contributed by atoms with van der Waals surface area (Å²) < 4.78 is 5.57. The van der Waals surface area contributed by atoms with Crippen molar-refractivity contribution in [3.8, 4) is 0 Å². The summed E-state index contributed by atoms with van der Waals surface area (Å²) in [5, 5.41) is 5.53. The normalized spacial score (nSPS) is 21.0. The van der Waals surface area contributed by atoms with Crippen molar-refractivity contribution in [3.63, 3.8) is 0 Å². The summed E-state index contributed by atoms with van der Waals surface area (Å²) >= 11 is 0. The van der Waals surface area contributed by atoms with Crippen LogP contribution in [-0.2, 0) is 9.53 Å². The summed E-state index contributed by atoms with van der Waals surface area (Å²) in [6.45, 7) is 14.3. The van der Waals surface area contributed by atoms with E-state index < -0.39 is 5.54 Å². The molecule has 1 fully saturated rings. The molecule has 0 aromatic rings. The topological polar surface area (TPSA) is 70.7 Å². The second kappa shape index (κ2) is 9.07. The Balaban J connectivity index is 3.17. The molecule has 0 atom stereocenters. The Morgan fingerprint density at radius 2 is 1.54 bits per heavy atom. The fourth-order valence-electron chi connectivity index (χ4n) is 4.48. The third-order valence-electron chi connectivity index (χ3n) is 5.37. The van der Waals surface area contributed by atoms with Crippen molar-refractivity contribution in [1.29, 1.82) is 0 Å². The number of ether oxygens (including phenoxy) is 1. The molecule has 0 aromatic heterocycles. The predicted octanol–water partition coefficient (Wildman–Crippen LogP) is 3.45. The molecule has 1 saturated heterocycles. The molecule has 0 bridgehead atoms. The Bertz CT molecular complexity index is 471. The number of piperidine rings is 1. The third-order valence-corrected chi connectivity index (χ3v) is 5.37. The van der Waals surface area contributed by atoms with Crippen LogP contribution in [0.5, 0.6) is 0 Å². The van der Waals surface area contributed by atoms with Gasteiger partial charge in [-0.25, -0.2) is 9.59 Å². The molecular weight excluding hydrogens is 330 g/mol. The van der Waals surface area contributed by atoms with Crippen LogP contribution in [0.2, 0.25) is 0 Å². The summed E-state index contributed by atoms with van der Waals surface area (Å²) in [5.41, 5.74) is -1.48. The monoisotopic (exact) mass is 369 g/mol. The largest absolute Gasteiger partial charge is 0.464 e. The lowest BCUT2D eigenvalue weighted by Gasteiger charge is -2.58. The van der Waals surface area contributed by atoms with Gasteiger partial charge in [-0.15, -0.1) is 0 Å². The molecule has 152 valence electrons. The average molecular weight is 370 g/mol. The van der Waals surface area contributed by atoms with E-state index in [0.29, 0.717) is 19.4 Å². The Hall–Kier alpha value is -1.30. The molecule has 2 amide bonds. The zero-order valence-electron chi connectivity index (χ0n) is 17.8. The Morgan fingerprint density at radius 3 is 2.00 bits per heavy atom. The van der Waals surface area contributed by atoms with Gasteiger partial charge in [0.1, 0.15) is 5.54 Å². The van der Waals surface area contributed by atoms with Gasteiger partial charge in [0.05, 0.1) is 6.61 Å². The molecule has 0 aliphatic carbocycles. The fraction of sp³-hybridized carbons (Fsp3) is 0.900. The van der Waals surface area contributed by atoms with Crippen molar-refractivity contribution < 1.29 is 14.3 Å². The zero-order valence-corrected chi connectivity index (χ0v) is 17.8. The summed E-state index contributed by atoms with van der Waals surface area (Å²) in [6, 6.07) is -0.342. The van der Waals surface area contributed by atoms with Crippen LogP contribution in [0.3, 0.4) is 0 Å². The van der Waals surface area contributed by atoms with E-state index in [1.54, 1.807) is 7.05 Å². The van der Waals surface area contributed by atoms with Gasteiger partial charge in [0.15, 0.2) is 0 Å². The molecule has 2 N–H and O–H groups in total. The second-order valence-corrected chi connectivity index (χ2v) is 8.76. The molecule has 6 heteroatoms. The lowest BCUT2D eigenvalue weighted by atomic mass is 9.68. The van der Waals surface area contributed by atoms with E-state index in [2.05, 4.69) is 57.1 Å². The highest BCUT2D eigenvalue weighted by Gasteiger charge is 2.56. The van der Waals surface area contributed by atoms with Crippen LogP contribution in [0, 0.1) is 0 Å². The molecule has 0 saturated carbocycles. The summed E-state index contributed by atoms with van der Waals surface area (Å²) in [4.78, 5) is 27.7. The van der Waals surface area contributed by atoms with Crippen LogP contribution in [-0.4, -0.2) is 53.7 Å². The minimum Gasteiger partial charge on any atom is -0.464 e. The Labute approximate surface area is 159 Å². The van der Waals surface area contributed by atoms with Crippen molar-refractivity contribution in [2.45, 2.75) is 96.7 Å². The van der Waals surface area contributed by atoms with Crippen LogP contribution in [0.25, 0.3) is 0 Å². The van der Waals surface area contributed by atoms with Gasteiger partial charge in [-0.2, -0.15) is 0 Å². The maximum absolute atomic E-state index is 13.1. The lowest BCUT2D eigenvalue weighted by Crippen LogP contribution is -2.72. The van der Waals surface area contributed by atoms with E-state index >= 15 is 0 Å². The fourth-order valence-corrected chi connectivity index (χ4v) is 4.48. The number of nitrogens with one attached hydrogen (secondary N) is 2. The van der Waals surface area contributed by atoms with Crippen LogP contribution in [0.15, 0.2) is 0 Å². The van der Waals surface area contributed by atoms with Crippen LogP contribution in [0.4, 0.5) is 4.79 Å². The maximum atomic E-state index is 13.1. The van der Waals surface area contributed by atoms with Gasteiger partial charge in [-0.1, -0.05) is 26.7 Å². The van der Waals surface area contributed by atoms with E-state index in [0.717, 1.165) is 32.2 Å². The van der Waals surface area contributed by atoms with Gasteiger partial charge in [-0.05, 0) is 59.9 Å². The first-order valence-electron chi connectivity index (χ1n) is 9.99. The second-order valence-electron chi connectivity index (χ2n) is 8.76. The number of carbonyl (C=O) groups excluding carboxylic acids is 2. The van der Waals surface area contributed by atoms with Crippen molar-refractivity contribution in [3.05, 3.63) is 0 Å². The predicted molar refractivity (Wildman–Crippen MR) is 105 cm³/mol. The SMILES string of the molecule is CCCCOC(=O)C1(NC(=O)NC)CC(C)(C)N(CCCC)C(C)(C)C1. The number of carbonyl (C=O) groups is 2. The molecule has 1 aliphatic rings. The summed E-state index contributed by atoms with van der Waals surface area (Å²) in [6.07, 6.45) is 5.10. The van der Waals surface area contributed by atoms with Crippen molar-refractivity contribution in [1.82, 2.24) is 15.5 Å². The Kier molecular flexibility index (Phi) is 7.93. The van der Waals surface area contributed by atoms with E-state index in [-0.39, 0.29) is 23.1 Å².